The second kappa shape index (κ2) is 49.5. The highest BCUT2D eigenvalue weighted by Crippen LogP contribution is 2.12. The predicted octanol–water partition coefficient (Wildman–Crippen LogP) is 9.45. The van der Waals surface area contributed by atoms with E-state index in [-0.39, 0.29) is 26.2 Å². The Morgan fingerprint density at radius 3 is 1.05 bits per heavy atom. The van der Waals surface area contributed by atoms with Gasteiger partial charge >= 0.3 is 0 Å². The smallest absolute Gasteiger partial charge is 0.107 e. The maximum absolute atomic E-state index is 5.52. The maximum Gasteiger partial charge on any atom is 0.107 e. The molecule has 0 unspecified atom stereocenters. The van der Waals surface area contributed by atoms with Crippen molar-refractivity contribution in [2.75, 3.05) is 21.4 Å². The first-order valence-corrected chi connectivity index (χ1v) is 10.8. The minimum atomic E-state index is -0.151. The van der Waals surface area contributed by atoms with Crippen LogP contribution < -0.4 is 0 Å². The van der Waals surface area contributed by atoms with Crippen molar-refractivity contribution < 1.29 is 0 Å². The Labute approximate surface area is 179 Å². The SMILES string of the molecule is CCCCCCC(Cl)Cl.ClCCl.ClCCl.ClCCl.ClCCl. The van der Waals surface area contributed by atoms with E-state index in [1.165, 1.54) is 25.7 Å². The van der Waals surface area contributed by atoms with Gasteiger partial charge in [0.2, 0.25) is 0 Å². The van der Waals surface area contributed by atoms with E-state index in [4.69, 9.17) is 116 Å². The van der Waals surface area contributed by atoms with Gasteiger partial charge in [0, 0.05) is 0 Å². The summed E-state index contributed by atoms with van der Waals surface area (Å²) in [6.45, 7) is 2.19. The van der Waals surface area contributed by atoms with E-state index < -0.39 is 0 Å². The van der Waals surface area contributed by atoms with E-state index in [0.717, 1.165) is 6.42 Å². The predicted molar refractivity (Wildman–Crippen MR) is 111 cm³/mol. The molecular weight excluding hydrogens is 487 g/mol. The third kappa shape index (κ3) is 126. The molecule has 21 heavy (non-hydrogen) atoms. The fourth-order valence-electron chi connectivity index (χ4n) is 0.725. The number of rotatable bonds is 5. The average molecular weight is 509 g/mol. The third-order valence-corrected chi connectivity index (χ3v) is 1.71. The number of halogens is 10. The van der Waals surface area contributed by atoms with Crippen LogP contribution in [0.4, 0.5) is 0 Å². The normalized spacial score (nSPS) is 8.00. The molecular formula is C11H22Cl10. The molecule has 0 saturated heterocycles. The lowest BCUT2D eigenvalue weighted by molar-refractivity contribution is 0.650. The van der Waals surface area contributed by atoms with Gasteiger partial charge in [-0.15, -0.1) is 116 Å². The molecule has 0 atom stereocenters. The van der Waals surface area contributed by atoms with E-state index >= 15 is 0 Å². The molecule has 0 aromatic heterocycles. The van der Waals surface area contributed by atoms with Crippen molar-refractivity contribution in [3.05, 3.63) is 0 Å². The van der Waals surface area contributed by atoms with Crippen LogP contribution in [0, 0.1) is 0 Å². The Morgan fingerprint density at radius 2 is 0.857 bits per heavy atom. The van der Waals surface area contributed by atoms with Crippen LogP contribution in [0.15, 0.2) is 0 Å². The average Bonchev–Trinajstić information content (AvgIpc) is 2.38. The number of unbranched alkanes of at least 4 members (excludes halogenated alkanes) is 3. The number of alkyl halides is 10. The molecule has 0 spiro atoms. The van der Waals surface area contributed by atoms with E-state index in [2.05, 4.69) is 6.92 Å². The first-order valence-electron chi connectivity index (χ1n) is 5.69. The Morgan fingerprint density at radius 1 is 0.571 bits per heavy atom. The zero-order valence-corrected chi connectivity index (χ0v) is 19.3. The van der Waals surface area contributed by atoms with E-state index in [9.17, 15) is 0 Å². The lowest BCUT2D eigenvalue weighted by atomic mass is 10.2. The third-order valence-electron chi connectivity index (χ3n) is 1.28. The van der Waals surface area contributed by atoms with Crippen LogP contribution in [-0.2, 0) is 0 Å². The fourth-order valence-corrected chi connectivity index (χ4v) is 1.03. The molecule has 0 bridgehead atoms. The monoisotopic (exact) mass is 504 g/mol. The fraction of sp³-hybridized carbons (Fsp3) is 1.00. The van der Waals surface area contributed by atoms with Gasteiger partial charge in [-0.1, -0.05) is 32.6 Å². The van der Waals surface area contributed by atoms with E-state index in [1.807, 2.05) is 0 Å². The summed E-state index contributed by atoms with van der Waals surface area (Å²) < 4.78 is 0. The highest BCUT2D eigenvalue weighted by atomic mass is 35.5. The molecule has 0 aromatic carbocycles. The molecule has 0 nitrogen and oxygen atoms in total. The number of hydrogen-bond acceptors (Lipinski definition) is 0. The molecule has 0 fully saturated rings. The van der Waals surface area contributed by atoms with E-state index in [0.29, 0.717) is 0 Å². The summed E-state index contributed by atoms with van der Waals surface area (Å²) in [6, 6.07) is 0. The minimum absolute atomic E-state index is 0.151. The van der Waals surface area contributed by atoms with Gasteiger partial charge in [-0.2, -0.15) is 0 Å². The lowest BCUT2D eigenvalue weighted by Crippen LogP contribution is -1.85. The minimum Gasteiger partial charge on any atom is -0.109 e. The van der Waals surface area contributed by atoms with Gasteiger partial charge in [0.25, 0.3) is 0 Å². The standard InChI is InChI=1S/C7H14Cl2.4CH2Cl2/c1-2-3-4-5-6-7(8)9;4*2-1-3/h7H,2-6H2,1H3;4*1H2. The Balaban J connectivity index is -0.0000000593. The Bertz CT molecular complexity index is 97.0. The molecule has 0 saturated carbocycles. The van der Waals surface area contributed by atoms with Gasteiger partial charge in [-0.05, 0) is 6.42 Å². The molecule has 0 aromatic rings. The molecule has 0 rings (SSSR count). The summed E-state index contributed by atoms with van der Waals surface area (Å²) in [5, 5.41) is 0.778. The van der Waals surface area contributed by atoms with E-state index in [1.54, 1.807) is 0 Å². The second-order valence-corrected chi connectivity index (χ2v) is 7.15. The molecule has 0 aliphatic rings. The summed E-state index contributed by atoms with van der Waals surface area (Å²) in [4.78, 5) is -0.151. The summed E-state index contributed by atoms with van der Waals surface area (Å²) in [7, 11) is 0. The molecule has 10 heteroatoms. The van der Waals surface area contributed by atoms with Gasteiger partial charge in [0.05, 0.1) is 21.4 Å². The summed E-state index contributed by atoms with van der Waals surface area (Å²) in [5.74, 6) is 0. The van der Waals surface area contributed by atoms with Crippen LogP contribution in [0.25, 0.3) is 0 Å². The van der Waals surface area contributed by atoms with Crippen molar-refractivity contribution in [2.45, 2.75) is 43.9 Å². The second-order valence-electron chi connectivity index (χ2n) is 2.64. The van der Waals surface area contributed by atoms with Crippen LogP contribution in [-0.4, -0.2) is 26.2 Å². The first kappa shape index (κ1) is 35.1. The van der Waals surface area contributed by atoms with Crippen molar-refractivity contribution in [1.82, 2.24) is 0 Å². The van der Waals surface area contributed by atoms with Crippen LogP contribution >= 0.6 is 116 Å². The lowest BCUT2D eigenvalue weighted by Gasteiger charge is -1.98. The molecule has 0 N–H and O–H groups in total. The van der Waals surface area contributed by atoms with Gasteiger partial charge in [0.15, 0.2) is 0 Å². The highest BCUT2D eigenvalue weighted by molar-refractivity contribution is 6.44. The summed E-state index contributed by atoms with van der Waals surface area (Å²) >= 11 is 49.2. The molecule has 0 aliphatic heterocycles. The largest absolute Gasteiger partial charge is 0.109 e. The van der Waals surface area contributed by atoms with Gasteiger partial charge in [-0.3, -0.25) is 0 Å². The van der Waals surface area contributed by atoms with Gasteiger partial charge in [0.1, 0.15) is 4.84 Å². The summed E-state index contributed by atoms with van der Waals surface area (Å²) in [5.41, 5.74) is 0. The van der Waals surface area contributed by atoms with Crippen LogP contribution in [0.1, 0.15) is 39.0 Å². The molecule has 0 heterocycles. The first-order chi connectivity index (χ1) is 9.93. The van der Waals surface area contributed by atoms with Gasteiger partial charge in [-0.25, -0.2) is 0 Å². The molecule has 0 radical (unpaired) electrons. The molecule has 136 valence electrons. The zero-order valence-electron chi connectivity index (χ0n) is 11.7. The van der Waals surface area contributed by atoms with Crippen LogP contribution in [0.5, 0.6) is 0 Å². The van der Waals surface area contributed by atoms with Crippen molar-refractivity contribution in [3.8, 4) is 0 Å². The van der Waals surface area contributed by atoms with Crippen molar-refractivity contribution >= 4 is 116 Å². The number of hydrogen-bond donors (Lipinski definition) is 0. The molecule has 0 amide bonds. The van der Waals surface area contributed by atoms with Crippen molar-refractivity contribution in [2.24, 2.45) is 0 Å². The summed E-state index contributed by atoms with van der Waals surface area (Å²) in [6.07, 6.45) is 5.97. The topological polar surface area (TPSA) is 0 Å². The van der Waals surface area contributed by atoms with Crippen LogP contribution in [0.2, 0.25) is 0 Å². The van der Waals surface area contributed by atoms with Crippen molar-refractivity contribution in [1.29, 1.82) is 0 Å². The zero-order chi connectivity index (χ0) is 17.9. The quantitative estimate of drug-likeness (QED) is 0.256. The van der Waals surface area contributed by atoms with Gasteiger partial charge < -0.3 is 0 Å². The van der Waals surface area contributed by atoms with Crippen molar-refractivity contribution in [3.63, 3.8) is 0 Å². The highest BCUT2D eigenvalue weighted by Gasteiger charge is 1.96. The molecule has 0 aliphatic carbocycles. The Hall–Kier alpha value is 2.90. The maximum atomic E-state index is 5.52. The van der Waals surface area contributed by atoms with Crippen LogP contribution in [0.3, 0.4) is 0 Å². The Kier molecular flexibility index (Phi) is 82.7.